The van der Waals surface area contributed by atoms with Crippen LogP contribution in [0.4, 0.5) is 0 Å². The lowest BCUT2D eigenvalue weighted by Crippen LogP contribution is -2.31. The summed E-state index contributed by atoms with van der Waals surface area (Å²) < 4.78 is 0. The topological polar surface area (TPSA) is 0 Å². The van der Waals surface area contributed by atoms with Crippen LogP contribution in [0.1, 0.15) is 12.8 Å². The monoisotopic (exact) mass is 608 g/mol. The van der Waals surface area contributed by atoms with E-state index in [9.17, 15) is 0 Å². The molecule has 0 heterocycles. The molecule has 48 heavy (non-hydrogen) atoms. The molecule has 0 atom stereocenters. The summed E-state index contributed by atoms with van der Waals surface area (Å²) in [6.07, 6.45) is 7.09. The third kappa shape index (κ3) is 4.09. The molecule has 9 aromatic rings. The van der Waals surface area contributed by atoms with Gasteiger partial charge in [-0.05, 0) is 129 Å². The Morgan fingerprint density at radius 1 is 0.292 bits per heavy atom. The summed E-state index contributed by atoms with van der Waals surface area (Å²) in [5, 5.41) is 15.6. The molecule has 0 saturated carbocycles. The standard InChI is InChI=1S/C48H32/c1-2-14-33(15-3-1)42-28-34-18-6-9-23-37(34)43-29-45-46(30-44(42)43)48(39-27-13-20-32-17-5-8-22-36(32)39)41-25-11-10-24-40(41)47(45)38-26-12-19-31-16-4-7-21-35(31)38/h1-9,12-30H,10-11H2. The lowest BCUT2D eigenvalue weighted by atomic mass is 9.82. The predicted molar refractivity (Wildman–Crippen MR) is 208 cm³/mol. The minimum Gasteiger partial charge on any atom is -0.0757 e. The molecule has 0 aromatic heterocycles. The van der Waals surface area contributed by atoms with Crippen LogP contribution in [-0.4, -0.2) is 0 Å². The van der Waals surface area contributed by atoms with Crippen molar-refractivity contribution < 1.29 is 0 Å². The van der Waals surface area contributed by atoms with E-state index in [4.69, 9.17) is 0 Å². The van der Waals surface area contributed by atoms with E-state index in [1.165, 1.54) is 97.7 Å². The Balaban J connectivity index is 1.48. The average Bonchev–Trinajstić information content (AvgIpc) is 3.16. The van der Waals surface area contributed by atoms with Crippen molar-refractivity contribution in [2.45, 2.75) is 12.8 Å². The molecule has 0 nitrogen and oxygen atoms in total. The fourth-order valence-electron chi connectivity index (χ4n) is 8.32. The second-order valence-electron chi connectivity index (χ2n) is 13.1. The van der Waals surface area contributed by atoms with E-state index >= 15 is 0 Å². The van der Waals surface area contributed by atoms with Crippen LogP contribution in [0, 0.1) is 0 Å². The highest BCUT2D eigenvalue weighted by Gasteiger charge is 2.21. The molecule has 0 heteroatoms. The predicted octanol–water partition coefficient (Wildman–Crippen LogP) is 11.8. The van der Waals surface area contributed by atoms with Gasteiger partial charge in [0.15, 0.2) is 0 Å². The summed E-state index contributed by atoms with van der Waals surface area (Å²) >= 11 is 0. The Hall–Kier alpha value is -5.98. The van der Waals surface area contributed by atoms with E-state index in [1.54, 1.807) is 0 Å². The quantitative estimate of drug-likeness (QED) is 0.138. The van der Waals surface area contributed by atoms with Gasteiger partial charge in [0.25, 0.3) is 0 Å². The van der Waals surface area contributed by atoms with Crippen molar-refractivity contribution in [3.05, 3.63) is 168 Å². The Morgan fingerprint density at radius 2 is 0.771 bits per heavy atom. The summed E-state index contributed by atoms with van der Waals surface area (Å²) in [6.45, 7) is 0. The van der Waals surface area contributed by atoms with Crippen LogP contribution in [-0.2, 0) is 0 Å². The molecular weight excluding hydrogens is 577 g/mol. The normalized spacial score (nSPS) is 12.8. The lowest BCUT2D eigenvalue weighted by molar-refractivity contribution is 1.12. The third-order valence-corrected chi connectivity index (χ3v) is 10.4. The highest BCUT2D eigenvalue weighted by molar-refractivity contribution is 6.22. The molecule has 0 spiro atoms. The summed E-state index contributed by atoms with van der Waals surface area (Å²) in [5.41, 5.74) is 7.79. The molecule has 9 aromatic carbocycles. The fourth-order valence-corrected chi connectivity index (χ4v) is 8.32. The summed E-state index contributed by atoms with van der Waals surface area (Å²) in [5.74, 6) is 0. The molecule has 0 bridgehead atoms. The highest BCUT2D eigenvalue weighted by Crippen LogP contribution is 2.43. The average molecular weight is 609 g/mol. The van der Waals surface area contributed by atoms with Crippen molar-refractivity contribution in [2.24, 2.45) is 0 Å². The van der Waals surface area contributed by atoms with Crippen molar-refractivity contribution in [2.75, 3.05) is 0 Å². The van der Waals surface area contributed by atoms with Gasteiger partial charge < -0.3 is 0 Å². The van der Waals surface area contributed by atoms with E-state index in [0.717, 1.165) is 12.8 Å². The van der Waals surface area contributed by atoms with Crippen LogP contribution in [0.25, 0.3) is 99.4 Å². The molecule has 1 aliphatic carbocycles. The smallest absolute Gasteiger partial charge is 0.00232 e. The van der Waals surface area contributed by atoms with Gasteiger partial charge in [-0.2, -0.15) is 0 Å². The van der Waals surface area contributed by atoms with Gasteiger partial charge in [0.1, 0.15) is 0 Å². The Kier molecular flexibility index (Phi) is 6.11. The SMILES string of the molecule is C1=c2c(-c3cccc4ccccc34)c3cc4c(-c5ccccc5)cc5ccccc5c4cc3c(-c3cccc4ccccc34)c2=CCC1. The molecule has 0 amide bonds. The van der Waals surface area contributed by atoms with Gasteiger partial charge in [0, 0.05) is 0 Å². The fraction of sp³-hybridized carbons (Fsp3) is 0.0417. The summed E-state index contributed by atoms with van der Waals surface area (Å²) in [4.78, 5) is 0. The van der Waals surface area contributed by atoms with E-state index < -0.39 is 0 Å². The number of benzene rings is 9. The zero-order valence-electron chi connectivity index (χ0n) is 26.6. The molecule has 0 radical (unpaired) electrons. The molecule has 0 N–H and O–H groups in total. The van der Waals surface area contributed by atoms with E-state index in [0.29, 0.717) is 0 Å². The van der Waals surface area contributed by atoms with E-state index in [1.807, 2.05) is 0 Å². The first-order chi connectivity index (χ1) is 23.8. The van der Waals surface area contributed by atoms with Crippen molar-refractivity contribution in [3.8, 4) is 33.4 Å². The maximum Gasteiger partial charge on any atom is -0.00232 e. The van der Waals surface area contributed by atoms with Crippen LogP contribution in [0.5, 0.6) is 0 Å². The van der Waals surface area contributed by atoms with Gasteiger partial charge in [-0.15, -0.1) is 0 Å². The first kappa shape index (κ1) is 27.2. The van der Waals surface area contributed by atoms with Crippen molar-refractivity contribution in [1.82, 2.24) is 0 Å². The first-order valence-electron chi connectivity index (χ1n) is 17.0. The van der Waals surface area contributed by atoms with Crippen LogP contribution >= 0.6 is 0 Å². The molecular formula is C48H32. The molecule has 10 rings (SSSR count). The van der Waals surface area contributed by atoms with Crippen LogP contribution in [0.15, 0.2) is 158 Å². The van der Waals surface area contributed by atoms with Crippen LogP contribution < -0.4 is 10.4 Å². The van der Waals surface area contributed by atoms with Crippen LogP contribution in [0.3, 0.4) is 0 Å². The maximum atomic E-state index is 2.52. The van der Waals surface area contributed by atoms with Crippen LogP contribution in [0.2, 0.25) is 0 Å². The van der Waals surface area contributed by atoms with Gasteiger partial charge in [-0.25, -0.2) is 0 Å². The second-order valence-corrected chi connectivity index (χ2v) is 13.1. The summed E-state index contributed by atoms with van der Waals surface area (Å²) in [6, 6.07) is 58.5. The highest BCUT2D eigenvalue weighted by atomic mass is 14.2. The molecule has 1 aliphatic rings. The van der Waals surface area contributed by atoms with Gasteiger partial charge in [0.2, 0.25) is 0 Å². The Bertz CT molecular complexity index is 2860. The van der Waals surface area contributed by atoms with Gasteiger partial charge >= 0.3 is 0 Å². The first-order valence-corrected chi connectivity index (χ1v) is 17.0. The molecule has 0 unspecified atom stereocenters. The number of hydrogen-bond donors (Lipinski definition) is 0. The zero-order valence-corrected chi connectivity index (χ0v) is 26.6. The molecule has 0 fully saturated rings. The minimum atomic E-state index is 1.04. The van der Waals surface area contributed by atoms with Gasteiger partial charge in [-0.1, -0.05) is 152 Å². The Morgan fingerprint density at radius 3 is 1.38 bits per heavy atom. The second kappa shape index (κ2) is 10.8. The summed E-state index contributed by atoms with van der Waals surface area (Å²) in [7, 11) is 0. The van der Waals surface area contributed by atoms with E-state index in [2.05, 4.69) is 170 Å². The van der Waals surface area contributed by atoms with Crippen molar-refractivity contribution in [3.63, 3.8) is 0 Å². The van der Waals surface area contributed by atoms with E-state index in [-0.39, 0.29) is 0 Å². The van der Waals surface area contributed by atoms with Crippen molar-refractivity contribution >= 4 is 66.0 Å². The largest absolute Gasteiger partial charge is 0.0757 e. The third-order valence-electron chi connectivity index (χ3n) is 10.4. The molecule has 0 saturated heterocycles. The number of rotatable bonds is 3. The minimum absolute atomic E-state index is 1.04. The number of fused-ring (bicyclic) bond motifs is 7. The Labute approximate surface area is 279 Å². The van der Waals surface area contributed by atoms with Crippen molar-refractivity contribution in [1.29, 1.82) is 0 Å². The lowest BCUT2D eigenvalue weighted by Gasteiger charge is -2.21. The zero-order chi connectivity index (χ0) is 31.6. The maximum absolute atomic E-state index is 2.52. The molecule has 0 aliphatic heterocycles. The van der Waals surface area contributed by atoms with Gasteiger partial charge in [0.05, 0.1) is 0 Å². The molecule has 224 valence electrons. The van der Waals surface area contributed by atoms with Gasteiger partial charge in [-0.3, -0.25) is 0 Å². The number of hydrogen-bond acceptors (Lipinski definition) is 0.